The largest absolute Gasteiger partial charge is 0.419 e. The van der Waals surface area contributed by atoms with Crippen molar-refractivity contribution in [3.05, 3.63) is 64.2 Å². The third-order valence-corrected chi connectivity index (χ3v) is 3.72. The monoisotopic (exact) mass is 480 g/mol. The number of hydrogen-bond donors (Lipinski definition) is 2. The van der Waals surface area contributed by atoms with Crippen LogP contribution in [0.1, 0.15) is 27.0 Å². The Balaban J connectivity index is 2.54. The highest BCUT2D eigenvalue weighted by Gasteiger charge is 2.47. The van der Waals surface area contributed by atoms with Crippen LogP contribution in [0.15, 0.2) is 30.3 Å². The van der Waals surface area contributed by atoms with Crippen molar-refractivity contribution in [2.45, 2.75) is 18.5 Å². The second-order valence-corrected chi connectivity index (χ2v) is 5.94. The molecule has 0 spiro atoms. The first-order valence-corrected chi connectivity index (χ1v) is 7.89. The van der Waals surface area contributed by atoms with Crippen LogP contribution in [-0.2, 0) is 18.5 Å². The minimum absolute atomic E-state index is 0.439. The first-order valence-electron chi connectivity index (χ1n) is 7.89. The van der Waals surface area contributed by atoms with E-state index in [-0.39, 0.29) is 0 Å². The summed E-state index contributed by atoms with van der Waals surface area (Å²) in [4.78, 5) is 23.6. The van der Waals surface area contributed by atoms with Gasteiger partial charge in [-0.3, -0.25) is 10.1 Å². The summed E-state index contributed by atoms with van der Waals surface area (Å²) in [5.74, 6) is -4.89. The number of rotatable bonds is 2. The Kier molecular flexibility index (Phi) is 6.43. The fraction of sp³-hybridized carbons (Fsp3) is 0.176. The molecule has 174 valence electrons. The Morgan fingerprint density at radius 2 is 1.28 bits per heavy atom. The Morgan fingerprint density at radius 1 is 0.750 bits per heavy atom. The molecule has 0 aromatic heterocycles. The molecule has 0 fully saturated rings. The summed E-state index contributed by atoms with van der Waals surface area (Å²) in [7, 11) is 0. The van der Waals surface area contributed by atoms with Crippen LogP contribution in [0.4, 0.5) is 58.8 Å². The molecule has 0 aliphatic heterocycles. The van der Waals surface area contributed by atoms with E-state index in [1.54, 1.807) is 0 Å². The van der Waals surface area contributed by atoms with E-state index >= 15 is 0 Å². The predicted molar refractivity (Wildman–Crippen MR) is 84.3 cm³/mol. The van der Waals surface area contributed by atoms with Crippen LogP contribution in [-0.4, -0.2) is 11.9 Å². The average Bonchev–Trinajstić information content (AvgIpc) is 2.58. The molecule has 0 heterocycles. The lowest BCUT2D eigenvalue weighted by atomic mass is 10.00. The van der Waals surface area contributed by atoms with Crippen LogP contribution in [0.25, 0.3) is 0 Å². The number of anilines is 1. The number of amides is 3. The van der Waals surface area contributed by atoms with Gasteiger partial charge >= 0.3 is 24.6 Å². The van der Waals surface area contributed by atoms with E-state index in [1.807, 2.05) is 0 Å². The van der Waals surface area contributed by atoms with Crippen molar-refractivity contribution in [3.63, 3.8) is 0 Å². The summed E-state index contributed by atoms with van der Waals surface area (Å²) >= 11 is 0. The minimum atomic E-state index is -5.93. The second kappa shape index (κ2) is 8.27. The van der Waals surface area contributed by atoms with Gasteiger partial charge in [-0.1, -0.05) is 6.07 Å². The maximum atomic E-state index is 13.5. The van der Waals surface area contributed by atoms with Gasteiger partial charge < -0.3 is 5.32 Å². The number of imide groups is 1. The number of alkyl halides is 9. The van der Waals surface area contributed by atoms with E-state index in [0.29, 0.717) is 12.1 Å². The Hall–Kier alpha value is -3.39. The molecule has 2 N–H and O–H groups in total. The molecule has 0 unspecified atom stereocenters. The van der Waals surface area contributed by atoms with Crippen LogP contribution in [0.2, 0.25) is 0 Å². The highest BCUT2D eigenvalue weighted by molar-refractivity contribution is 6.08. The van der Waals surface area contributed by atoms with Crippen LogP contribution in [0.5, 0.6) is 0 Å². The molecule has 0 aliphatic rings. The van der Waals surface area contributed by atoms with Gasteiger partial charge in [0, 0.05) is 0 Å². The molecule has 0 saturated heterocycles. The lowest BCUT2D eigenvalue weighted by Gasteiger charge is -2.22. The normalized spacial score (nSPS) is 12.5. The fourth-order valence-electron chi connectivity index (χ4n) is 2.47. The van der Waals surface area contributed by atoms with Crippen LogP contribution < -0.4 is 10.6 Å². The average molecular weight is 480 g/mol. The zero-order chi connectivity index (χ0) is 24.6. The topological polar surface area (TPSA) is 58.2 Å². The highest BCUT2D eigenvalue weighted by Crippen LogP contribution is 2.46. The molecule has 0 atom stereocenters. The molecule has 4 nitrogen and oxygen atoms in total. The lowest BCUT2D eigenvalue weighted by Crippen LogP contribution is -2.36. The van der Waals surface area contributed by atoms with Gasteiger partial charge in [-0.2, -0.15) is 39.5 Å². The van der Waals surface area contributed by atoms with Gasteiger partial charge in [-0.05, 0) is 24.3 Å². The quantitative estimate of drug-likeness (QED) is 0.520. The fourth-order valence-corrected chi connectivity index (χ4v) is 2.47. The van der Waals surface area contributed by atoms with Crippen molar-refractivity contribution in [1.82, 2.24) is 5.32 Å². The van der Waals surface area contributed by atoms with Crippen LogP contribution in [0.3, 0.4) is 0 Å². The van der Waals surface area contributed by atoms with Crippen molar-refractivity contribution in [3.8, 4) is 0 Å². The van der Waals surface area contributed by atoms with Gasteiger partial charge in [0.15, 0.2) is 0 Å². The molecular formula is C17H7F11N2O2. The van der Waals surface area contributed by atoms with Gasteiger partial charge in [0.05, 0.1) is 22.4 Å². The summed E-state index contributed by atoms with van der Waals surface area (Å²) < 4.78 is 145. The number of carbonyl (C=O) groups is 2. The molecule has 3 amide bonds. The Labute approximate surface area is 170 Å². The smallest absolute Gasteiger partial charge is 0.307 e. The maximum Gasteiger partial charge on any atom is 0.419 e. The first-order chi connectivity index (χ1) is 14.4. The number of hydrogen-bond acceptors (Lipinski definition) is 2. The third-order valence-electron chi connectivity index (χ3n) is 3.72. The number of carbonyl (C=O) groups excluding carboxylic acids is 2. The third kappa shape index (κ3) is 5.45. The van der Waals surface area contributed by atoms with Gasteiger partial charge in [0.2, 0.25) is 0 Å². The van der Waals surface area contributed by atoms with E-state index in [4.69, 9.17) is 0 Å². The molecule has 0 saturated carbocycles. The van der Waals surface area contributed by atoms with Crippen LogP contribution >= 0.6 is 0 Å². The predicted octanol–water partition coefficient (Wildman–Crippen LogP) is 5.98. The SMILES string of the molecule is O=C(NC(=O)c1c(F)cccc1F)Nc1cc(C(F)(F)F)cc(C(F)(F)F)c1C(F)(F)F. The summed E-state index contributed by atoms with van der Waals surface area (Å²) in [6, 6.07) is -1.37. The van der Waals surface area contributed by atoms with Crippen molar-refractivity contribution in [2.24, 2.45) is 0 Å². The van der Waals surface area contributed by atoms with Crippen molar-refractivity contribution >= 4 is 17.6 Å². The summed E-state index contributed by atoms with van der Waals surface area (Å²) in [6.45, 7) is 0. The lowest BCUT2D eigenvalue weighted by molar-refractivity contribution is -0.163. The van der Waals surface area contributed by atoms with E-state index in [0.717, 1.165) is 16.7 Å². The maximum absolute atomic E-state index is 13.5. The van der Waals surface area contributed by atoms with Crippen molar-refractivity contribution < 1.29 is 57.9 Å². The number of halogens is 11. The molecule has 2 aromatic rings. The van der Waals surface area contributed by atoms with Gasteiger partial charge in [-0.15, -0.1) is 0 Å². The molecular weight excluding hydrogens is 473 g/mol. The first kappa shape index (κ1) is 24.9. The van der Waals surface area contributed by atoms with Crippen molar-refractivity contribution in [1.29, 1.82) is 0 Å². The molecule has 0 bridgehead atoms. The number of benzene rings is 2. The zero-order valence-electron chi connectivity index (χ0n) is 14.9. The molecule has 32 heavy (non-hydrogen) atoms. The highest BCUT2D eigenvalue weighted by atomic mass is 19.4. The molecule has 2 rings (SSSR count). The molecule has 0 radical (unpaired) electrons. The van der Waals surface area contributed by atoms with Gasteiger partial charge in [0.1, 0.15) is 17.2 Å². The van der Waals surface area contributed by atoms with Gasteiger partial charge in [0.25, 0.3) is 5.91 Å². The summed E-state index contributed by atoms with van der Waals surface area (Å²) in [5.41, 5.74) is -11.0. The van der Waals surface area contributed by atoms with E-state index in [2.05, 4.69) is 0 Å². The number of nitrogens with one attached hydrogen (secondary N) is 2. The van der Waals surface area contributed by atoms with Crippen LogP contribution in [0, 0.1) is 11.6 Å². The molecule has 0 aliphatic carbocycles. The minimum Gasteiger partial charge on any atom is -0.307 e. The summed E-state index contributed by atoms with van der Waals surface area (Å²) in [5, 5.41) is 2.17. The standard InChI is InChI=1S/C17H7F11N2O2/c18-8-2-1-3-9(19)11(8)13(31)30-14(32)29-10-5-6(15(20,21)22)4-7(16(23,24)25)12(10)17(26,27)28/h1-5H,(H2,29,30,31,32). The summed E-state index contributed by atoms with van der Waals surface area (Å²) in [6.07, 6.45) is -17.4. The molecule has 2 aromatic carbocycles. The van der Waals surface area contributed by atoms with E-state index in [9.17, 15) is 57.9 Å². The Morgan fingerprint density at radius 3 is 1.72 bits per heavy atom. The number of urea groups is 1. The zero-order valence-corrected chi connectivity index (χ0v) is 14.9. The molecule has 15 heteroatoms. The second-order valence-electron chi connectivity index (χ2n) is 5.94. The van der Waals surface area contributed by atoms with Gasteiger partial charge in [-0.25, -0.2) is 13.6 Å². The Bertz CT molecular complexity index is 1040. The van der Waals surface area contributed by atoms with E-state index in [1.165, 1.54) is 0 Å². The van der Waals surface area contributed by atoms with Crippen molar-refractivity contribution in [2.75, 3.05) is 5.32 Å². The van der Waals surface area contributed by atoms with E-state index < -0.39 is 82.2 Å².